The molecule has 0 radical (unpaired) electrons. The topological polar surface area (TPSA) is 61.9 Å². The van der Waals surface area contributed by atoms with E-state index in [1.54, 1.807) is 43.3 Å². The van der Waals surface area contributed by atoms with Crippen LogP contribution in [0.2, 0.25) is 0 Å². The molecule has 1 aromatic heterocycles. The van der Waals surface area contributed by atoms with E-state index in [2.05, 4.69) is 10.4 Å². The molecular weight excluding hydrogens is 402 g/mol. The molecule has 1 aliphatic rings. The monoisotopic (exact) mass is 424 g/mol. The minimum Gasteiger partial charge on any atom is -0.486 e. The number of allylic oxidation sites excluding steroid dienone is 4. The Hall–Kier alpha value is -3.55. The number of hydrogen-bond donors (Lipinski definition) is 0. The quantitative estimate of drug-likeness (QED) is 0.614. The van der Waals surface area contributed by atoms with Crippen molar-refractivity contribution in [1.82, 2.24) is 19.8 Å². The lowest BCUT2D eigenvalue weighted by Gasteiger charge is -2.19. The maximum Gasteiger partial charge on any atom is 0.368 e. The Morgan fingerprint density at radius 1 is 1.13 bits per heavy atom. The molecule has 0 bridgehead atoms. The zero-order chi connectivity index (χ0) is 22.1. The van der Waals surface area contributed by atoms with Gasteiger partial charge in [0.1, 0.15) is 12.4 Å². The summed E-state index contributed by atoms with van der Waals surface area (Å²) in [5.74, 6) is -0.906. The molecule has 1 aliphatic carbocycles. The summed E-state index contributed by atoms with van der Waals surface area (Å²) in [6.07, 6.45) is 3.41. The van der Waals surface area contributed by atoms with Crippen LogP contribution in [0.3, 0.4) is 0 Å². The largest absolute Gasteiger partial charge is 0.486 e. The van der Waals surface area contributed by atoms with Crippen LogP contribution < -0.4 is 10.4 Å². The normalized spacial score (nSPS) is 16.1. The van der Waals surface area contributed by atoms with Gasteiger partial charge in [-0.25, -0.2) is 13.6 Å². The highest BCUT2D eigenvalue weighted by molar-refractivity contribution is 5.70. The van der Waals surface area contributed by atoms with Crippen LogP contribution in [0.15, 0.2) is 59.2 Å². The van der Waals surface area contributed by atoms with Crippen LogP contribution in [0.25, 0.3) is 11.3 Å². The van der Waals surface area contributed by atoms with Gasteiger partial charge >= 0.3 is 5.69 Å². The molecule has 0 N–H and O–H groups in total. The van der Waals surface area contributed by atoms with Crippen LogP contribution in [0.4, 0.5) is 8.78 Å². The van der Waals surface area contributed by atoms with Crippen LogP contribution in [0.1, 0.15) is 30.0 Å². The summed E-state index contributed by atoms with van der Waals surface area (Å²) >= 11 is 0. The molecule has 4 rings (SSSR count). The first-order chi connectivity index (χ1) is 14.9. The van der Waals surface area contributed by atoms with Crippen molar-refractivity contribution in [2.24, 2.45) is 13.0 Å². The van der Waals surface area contributed by atoms with Gasteiger partial charge in [0.25, 0.3) is 0 Å². The van der Waals surface area contributed by atoms with E-state index in [0.29, 0.717) is 23.2 Å². The third kappa shape index (κ3) is 3.93. The van der Waals surface area contributed by atoms with E-state index >= 15 is 4.39 Å². The number of nitrogens with zero attached hydrogens (tertiary/aromatic N) is 4. The van der Waals surface area contributed by atoms with Crippen molar-refractivity contribution in [1.29, 1.82) is 0 Å². The highest BCUT2D eigenvalue weighted by Gasteiger charge is 2.20. The molecule has 1 heterocycles. The Morgan fingerprint density at radius 2 is 1.90 bits per heavy atom. The van der Waals surface area contributed by atoms with Crippen molar-refractivity contribution < 1.29 is 13.5 Å². The SMILES string of the molecule is Cc1cccc(-n2nnn(C)c2=O)c1COc1cccc(C2=CC=C(F)C(C)C2)c1F. The summed E-state index contributed by atoms with van der Waals surface area (Å²) in [6, 6.07) is 10.3. The number of aromatic nitrogens is 4. The molecule has 0 saturated carbocycles. The minimum atomic E-state index is -0.497. The second-order valence-electron chi connectivity index (χ2n) is 7.62. The molecule has 3 aromatic rings. The molecule has 0 amide bonds. The smallest absolute Gasteiger partial charge is 0.368 e. The molecule has 160 valence electrons. The van der Waals surface area contributed by atoms with Gasteiger partial charge in [-0.3, -0.25) is 0 Å². The van der Waals surface area contributed by atoms with Crippen molar-refractivity contribution in [3.8, 4) is 11.4 Å². The molecule has 1 unspecified atom stereocenters. The fraction of sp³-hybridized carbons (Fsp3) is 0.261. The highest BCUT2D eigenvalue weighted by Crippen LogP contribution is 2.35. The van der Waals surface area contributed by atoms with E-state index in [1.165, 1.54) is 17.8 Å². The van der Waals surface area contributed by atoms with Gasteiger partial charge in [0.15, 0.2) is 11.6 Å². The standard InChI is InChI=1S/C23H22F2N4O2/c1-14-6-4-8-20(29-23(30)28(3)26-27-29)18(14)13-31-21-9-5-7-17(22(21)25)16-10-11-19(24)15(2)12-16/h4-11,15H,12-13H2,1-3H3. The predicted molar refractivity (Wildman–Crippen MR) is 113 cm³/mol. The third-order valence-corrected chi connectivity index (χ3v) is 5.46. The molecular formula is C23H22F2N4O2. The van der Waals surface area contributed by atoms with Gasteiger partial charge in [-0.1, -0.05) is 37.3 Å². The van der Waals surface area contributed by atoms with Crippen LogP contribution in [-0.2, 0) is 13.7 Å². The fourth-order valence-electron chi connectivity index (χ4n) is 3.60. The van der Waals surface area contributed by atoms with Gasteiger partial charge in [-0.15, -0.1) is 0 Å². The van der Waals surface area contributed by atoms with E-state index in [4.69, 9.17) is 4.74 Å². The number of rotatable bonds is 5. The number of ether oxygens (including phenoxy) is 1. The highest BCUT2D eigenvalue weighted by atomic mass is 19.1. The minimum absolute atomic E-state index is 0.0371. The van der Waals surface area contributed by atoms with Crippen LogP contribution in [0.5, 0.6) is 5.75 Å². The predicted octanol–water partition coefficient (Wildman–Crippen LogP) is 4.27. The average Bonchev–Trinajstić information content (AvgIpc) is 3.08. The lowest BCUT2D eigenvalue weighted by molar-refractivity contribution is 0.288. The Morgan fingerprint density at radius 3 is 2.61 bits per heavy atom. The fourth-order valence-corrected chi connectivity index (χ4v) is 3.60. The molecule has 1 atom stereocenters. The first kappa shape index (κ1) is 20.7. The molecule has 0 saturated heterocycles. The maximum absolute atomic E-state index is 15.2. The molecule has 0 fully saturated rings. The Bertz CT molecular complexity index is 1260. The van der Waals surface area contributed by atoms with Crippen LogP contribution in [0, 0.1) is 18.7 Å². The second-order valence-corrected chi connectivity index (χ2v) is 7.62. The number of hydrogen-bond acceptors (Lipinski definition) is 4. The van der Waals surface area contributed by atoms with Crippen molar-refractivity contribution >= 4 is 5.57 Å². The Labute approximate surface area is 178 Å². The van der Waals surface area contributed by atoms with Gasteiger partial charge < -0.3 is 4.74 Å². The van der Waals surface area contributed by atoms with E-state index in [-0.39, 0.29) is 24.1 Å². The average molecular weight is 424 g/mol. The molecule has 0 aliphatic heterocycles. The molecule has 6 nitrogen and oxygen atoms in total. The molecule has 2 aromatic carbocycles. The summed E-state index contributed by atoms with van der Waals surface area (Å²) in [4.78, 5) is 12.3. The van der Waals surface area contributed by atoms with Gasteiger partial charge in [0, 0.05) is 24.1 Å². The Kier molecular flexibility index (Phi) is 5.54. The van der Waals surface area contributed by atoms with Crippen LogP contribution >= 0.6 is 0 Å². The third-order valence-electron chi connectivity index (χ3n) is 5.46. The summed E-state index contributed by atoms with van der Waals surface area (Å²) < 4.78 is 37.0. The maximum atomic E-state index is 15.2. The van der Waals surface area contributed by atoms with Crippen molar-refractivity contribution in [2.45, 2.75) is 26.9 Å². The van der Waals surface area contributed by atoms with Crippen molar-refractivity contribution in [3.63, 3.8) is 0 Å². The van der Waals surface area contributed by atoms with E-state index in [1.807, 2.05) is 13.0 Å². The van der Waals surface area contributed by atoms with Crippen LogP contribution in [-0.4, -0.2) is 19.8 Å². The Balaban J connectivity index is 1.64. The number of aryl methyl sites for hydroxylation is 2. The lowest BCUT2D eigenvalue weighted by atomic mass is 9.90. The van der Waals surface area contributed by atoms with Gasteiger partial charge in [-0.05, 0) is 53.1 Å². The van der Waals surface area contributed by atoms with E-state index in [0.717, 1.165) is 15.8 Å². The first-order valence-corrected chi connectivity index (χ1v) is 9.92. The number of halogens is 2. The van der Waals surface area contributed by atoms with E-state index in [9.17, 15) is 9.18 Å². The number of tetrazole rings is 1. The van der Waals surface area contributed by atoms with Gasteiger partial charge in [0.2, 0.25) is 0 Å². The summed E-state index contributed by atoms with van der Waals surface area (Å²) in [7, 11) is 1.51. The summed E-state index contributed by atoms with van der Waals surface area (Å²) in [6.45, 7) is 3.69. The van der Waals surface area contributed by atoms with Crippen molar-refractivity contribution in [2.75, 3.05) is 0 Å². The summed E-state index contributed by atoms with van der Waals surface area (Å²) in [5.41, 5.74) is 2.82. The van der Waals surface area contributed by atoms with Gasteiger partial charge in [0.05, 0.1) is 5.69 Å². The van der Waals surface area contributed by atoms with E-state index < -0.39 is 11.5 Å². The lowest BCUT2D eigenvalue weighted by Crippen LogP contribution is -2.23. The first-order valence-electron chi connectivity index (χ1n) is 9.92. The molecule has 31 heavy (non-hydrogen) atoms. The zero-order valence-electron chi connectivity index (χ0n) is 17.5. The molecule has 8 heteroatoms. The van der Waals surface area contributed by atoms with Crippen molar-refractivity contribution in [3.05, 3.63) is 87.4 Å². The summed E-state index contributed by atoms with van der Waals surface area (Å²) in [5, 5.41) is 7.64. The number of benzene rings is 2. The second kappa shape index (κ2) is 8.29. The molecule has 0 spiro atoms. The zero-order valence-corrected chi connectivity index (χ0v) is 17.5. The van der Waals surface area contributed by atoms with Gasteiger partial charge in [-0.2, -0.15) is 9.36 Å².